The second-order valence-electron chi connectivity index (χ2n) is 5.65. The fraction of sp³-hybridized carbons (Fsp3) is 0.150. The molecule has 5 nitrogen and oxygen atoms in total. The second-order valence-corrected chi connectivity index (χ2v) is 5.65. The van der Waals surface area contributed by atoms with Crippen molar-refractivity contribution in [2.24, 2.45) is 0 Å². The summed E-state index contributed by atoms with van der Waals surface area (Å²) in [6.07, 6.45) is 2.64. The minimum Gasteiger partial charge on any atom is -0.352 e. The maximum absolute atomic E-state index is 12.1. The molecule has 0 fully saturated rings. The molecule has 0 saturated carbocycles. The molecule has 0 aliphatic carbocycles. The Bertz CT molecular complexity index is 873. The number of hydrogen-bond donors (Lipinski definition) is 2. The summed E-state index contributed by atoms with van der Waals surface area (Å²) in [4.78, 5) is 28.3. The summed E-state index contributed by atoms with van der Waals surface area (Å²) < 4.78 is 0. The SMILES string of the molecule is O=C(CCCNC(=O)c1ccccc1)Nc1cccc2ncccc12. The highest BCUT2D eigenvalue weighted by Crippen LogP contribution is 2.21. The molecule has 0 radical (unpaired) electrons. The van der Waals surface area contributed by atoms with Gasteiger partial charge in [-0.15, -0.1) is 0 Å². The van der Waals surface area contributed by atoms with Crippen LogP contribution in [0.4, 0.5) is 5.69 Å². The molecule has 2 aromatic carbocycles. The number of carbonyl (C=O) groups excluding carboxylic acids is 2. The van der Waals surface area contributed by atoms with Crippen molar-refractivity contribution in [3.63, 3.8) is 0 Å². The molecule has 0 unspecified atom stereocenters. The van der Waals surface area contributed by atoms with Crippen LogP contribution < -0.4 is 10.6 Å². The van der Waals surface area contributed by atoms with Gasteiger partial charge >= 0.3 is 0 Å². The van der Waals surface area contributed by atoms with Gasteiger partial charge in [0.25, 0.3) is 5.91 Å². The van der Waals surface area contributed by atoms with E-state index in [2.05, 4.69) is 15.6 Å². The van der Waals surface area contributed by atoms with E-state index in [1.165, 1.54) is 0 Å². The molecule has 0 saturated heterocycles. The third-order valence-corrected chi connectivity index (χ3v) is 3.82. The Labute approximate surface area is 146 Å². The van der Waals surface area contributed by atoms with Gasteiger partial charge in [-0.05, 0) is 42.8 Å². The molecule has 0 spiro atoms. The molecular formula is C20H19N3O2. The van der Waals surface area contributed by atoms with Crippen LogP contribution in [0, 0.1) is 0 Å². The highest BCUT2D eigenvalue weighted by atomic mass is 16.2. The Morgan fingerprint density at radius 2 is 1.76 bits per heavy atom. The van der Waals surface area contributed by atoms with E-state index in [0.717, 1.165) is 16.6 Å². The van der Waals surface area contributed by atoms with Crippen molar-refractivity contribution in [3.05, 3.63) is 72.4 Å². The van der Waals surface area contributed by atoms with E-state index in [4.69, 9.17) is 0 Å². The molecule has 126 valence electrons. The first-order valence-corrected chi connectivity index (χ1v) is 8.21. The van der Waals surface area contributed by atoms with E-state index in [9.17, 15) is 9.59 Å². The van der Waals surface area contributed by atoms with E-state index in [1.807, 2.05) is 48.5 Å². The quantitative estimate of drug-likeness (QED) is 0.679. The number of nitrogens with one attached hydrogen (secondary N) is 2. The van der Waals surface area contributed by atoms with E-state index in [-0.39, 0.29) is 11.8 Å². The number of anilines is 1. The number of pyridine rings is 1. The van der Waals surface area contributed by atoms with Gasteiger partial charge in [-0.25, -0.2) is 0 Å². The van der Waals surface area contributed by atoms with E-state index >= 15 is 0 Å². The van der Waals surface area contributed by atoms with Gasteiger partial charge in [0.15, 0.2) is 0 Å². The number of nitrogens with zero attached hydrogens (tertiary/aromatic N) is 1. The zero-order valence-electron chi connectivity index (χ0n) is 13.7. The molecule has 2 N–H and O–H groups in total. The molecular weight excluding hydrogens is 314 g/mol. The van der Waals surface area contributed by atoms with Crippen LogP contribution in [-0.4, -0.2) is 23.3 Å². The first-order chi connectivity index (χ1) is 12.2. The van der Waals surface area contributed by atoms with Crippen LogP contribution in [0.1, 0.15) is 23.2 Å². The van der Waals surface area contributed by atoms with Gasteiger partial charge in [-0.3, -0.25) is 14.6 Å². The molecule has 1 heterocycles. The van der Waals surface area contributed by atoms with Crippen molar-refractivity contribution in [1.29, 1.82) is 0 Å². The fourth-order valence-electron chi connectivity index (χ4n) is 2.57. The normalized spacial score (nSPS) is 10.4. The second kappa shape index (κ2) is 8.06. The van der Waals surface area contributed by atoms with Crippen molar-refractivity contribution >= 4 is 28.4 Å². The van der Waals surface area contributed by atoms with Crippen LogP contribution in [-0.2, 0) is 4.79 Å². The number of fused-ring (bicyclic) bond motifs is 1. The first-order valence-electron chi connectivity index (χ1n) is 8.21. The topological polar surface area (TPSA) is 71.1 Å². The minimum absolute atomic E-state index is 0.0784. The molecule has 0 bridgehead atoms. The van der Waals surface area contributed by atoms with Crippen molar-refractivity contribution in [3.8, 4) is 0 Å². The summed E-state index contributed by atoms with van der Waals surface area (Å²) in [5, 5.41) is 6.64. The number of carbonyl (C=O) groups is 2. The highest BCUT2D eigenvalue weighted by Gasteiger charge is 2.07. The van der Waals surface area contributed by atoms with Gasteiger partial charge in [-0.1, -0.05) is 24.3 Å². The average Bonchev–Trinajstić information content (AvgIpc) is 2.66. The van der Waals surface area contributed by atoms with Crippen molar-refractivity contribution in [1.82, 2.24) is 10.3 Å². The lowest BCUT2D eigenvalue weighted by Crippen LogP contribution is -2.25. The third-order valence-electron chi connectivity index (χ3n) is 3.82. The molecule has 0 aliphatic heterocycles. The summed E-state index contributed by atoms with van der Waals surface area (Å²) in [6, 6.07) is 18.4. The fourth-order valence-corrected chi connectivity index (χ4v) is 2.57. The zero-order valence-corrected chi connectivity index (χ0v) is 13.7. The molecule has 0 aliphatic rings. The van der Waals surface area contributed by atoms with Gasteiger partial charge in [0.2, 0.25) is 5.91 Å². The van der Waals surface area contributed by atoms with Gasteiger partial charge in [0.05, 0.1) is 11.2 Å². The number of rotatable bonds is 6. The number of aromatic nitrogens is 1. The van der Waals surface area contributed by atoms with E-state index in [1.54, 1.807) is 18.3 Å². The smallest absolute Gasteiger partial charge is 0.251 e. The minimum atomic E-state index is -0.124. The van der Waals surface area contributed by atoms with Crippen LogP contribution >= 0.6 is 0 Å². The Balaban J connectivity index is 1.47. The predicted octanol–water partition coefficient (Wildman–Crippen LogP) is 3.38. The molecule has 3 aromatic rings. The number of benzene rings is 2. The maximum atomic E-state index is 12.1. The summed E-state index contributed by atoms with van der Waals surface area (Å²) in [5.74, 6) is -0.202. The first kappa shape index (κ1) is 16.6. The maximum Gasteiger partial charge on any atom is 0.251 e. The molecule has 0 atom stereocenters. The number of hydrogen-bond acceptors (Lipinski definition) is 3. The molecule has 25 heavy (non-hydrogen) atoms. The zero-order chi connectivity index (χ0) is 17.5. The Morgan fingerprint density at radius 1 is 0.920 bits per heavy atom. The molecule has 5 heteroatoms. The summed E-state index contributed by atoms with van der Waals surface area (Å²) in [6.45, 7) is 0.457. The average molecular weight is 333 g/mol. The Morgan fingerprint density at radius 3 is 2.60 bits per heavy atom. The Kier molecular flexibility index (Phi) is 5.36. The van der Waals surface area contributed by atoms with Crippen LogP contribution in [0.5, 0.6) is 0 Å². The molecule has 3 rings (SSSR count). The van der Waals surface area contributed by atoms with Crippen LogP contribution in [0.25, 0.3) is 10.9 Å². The lowest BCUT2D eigenvalue weighted by Gasteiger charge is -2.09. The predicted molar refractivity (Wildman–Crippen MR) is 98.4 cm³/mol. The summed E-state index contributed by atoms with van der Waals surface area (Å²) >= 11 is 0. The lowest BCUT2D eigenvalue weighted by atomic mass is 10.1. The largest absolute Gasteiger partial charge is 0.352 e. The molecule has 1 aromatic heterocycles. The van der Waals surface area contributed by atoms with Gasteiger partial charge in [0.1, 0.15) is 0 Å². The van der Waals surface area contributed by atoms with Crippen LogP contribution in [0.2, 0.25) is 0 Å². The summed E-state index contributed by atoms with van der Waals surface area (Å²) in [7, 11) is 0. The van der Waals surface area contributed by atoms with Crippen molar-refractivity contribution < 1.29 is 9.59 Å². The van der Waals surface area contributed by atoms with Crippen molar-refractivity contribution in [2.75, 3.05) is 11.9 Å². The summed E-state index contributed by atoms with van der Waals surface area (Å²) in [5.41, 5.74) is 2.22. The Hall–Kier alpha value is -3.21. The lowest BCUT2D eigenvalue weighted by molar-refractivity contribution is -0.116. The van der Waals surface area contributed by atoms with E-state index in [0.29, 0.717) is 24.9 Å². The molecule has 2 amide bonds. The van der Waals surface area contributed by atoms with E-state index < -0.39 is 0 Å². The van der Waals surface area contributed by atoms with Crippen molar-refractivity contribution in [2.45, 2.75) is 12.8 Å². The van der Waals surface area contributed by atoms with Gasteiger partial charge in [0, 0.05) is 30.1 Å². The van der Waals surface area contributed by atoms with Crippen LogP contribution in [0.15, 0.2) is 66.9 Å². The van der Waals surface area contributed by atoms with Gasteiger partial charge < -0.3 is 10.6 Å². The third kappa shape index (κ3) is 4.41. The monoisotopic (exact) mass is 333 g/mol. The number of amides is 2. The van der Waals surface area contributed by atoms with Crippen LogP contribution in [0.3, 0.4) is 0 Å². The highest BCUT2D eigenvalue weighted by molar-refractivity contribution is 6.00. The van der Waals surface area contributed by atoms with Gasteiger partial charge in [-0.2, -0.15) is 0 Å². The standard InChI is InChI=1S/C20H19N3O2/c24-19(12-6-14-22-20(25)15-7-2-1-3-8-15)23-18-11-4-10-17-16(18)9-5-13-21-17/h1-5,7-11,13H,6,12,14H2,(H,22,25)(H,23,24).